The normalized spacial score (nSPS) is 17.1. The third-order valence-electron chi connectivity index (χ3n) is 8.18. The molecule has 40 heavy (non-hydrogen) atoms. The topological polar surface area (TPSA) is 107 Å². The van der Waals surface area contributed by atoms with E-state index in [0.29, 0.717) is 19.0 Å². The fourth-order valence-electron chi connectivity index (χ4n) is 6.07. The molecule has 7 nitrogen and oxygen atoms in total. The first-order valence-electron chi connectivity index (χ1n) is 14.1. The summed E-state index contributed by atoms with van der Waals surface area (Å²) in [5.74, 6) is 1.25. The number of carbonyl (C=O) groups excluding carboxylic acids is 2. The standard InChI is InChI=1S/C32H34N2O2.CH2O3/c35-31(33-28-10-5-6-24(19-28)18-22-12-13-22)30(25-7-1-2-8-25)26-16-14-23(15-17-26)20-34-21-27-9-3-4-11-29(27)32(34)36;2-1(3)4/h3-6,9-11,14-17,19,22,25,30H,1-2,7-8,12-13,18,20-21H2,(H,33,35);(H2,2,3,4)/t30-;/m0./s1. The van der Waals surface area contributed by atoms with Crippen molar-refractivity contribution >= 4 is 23.7 Å². The summed E-state index contributed by atoms with van der Waals surface area (Å²) in [4.78, 5) is 36.8. The molecule has 0 aromatic heterocycles. The monoisotopic (exact) mass is 540 g/mol. The first-order valence-corrected chi connectivity index (χ1v) is 14.1. The smallest absolute Gasteiger partial charge is 0.450 e. The van der Waals surface area contributed by atoms with Gasteiger partial charge >= 0.3 is 6.16 Å². The van der Waals surface area contributed by atoms with Crippen molar-refractivity contribution < 1.29 is 24.6 Å². The maximum atomic E-state index is 13.6. The second kappa shape index (κ2) is 12.4. The average Bonchev–Trinajstić information content (AvgIpc) is 3.47. The first-order chi connectivity index (χ1) is 19.4. The van der Waals surface area contributed by atoms with E-state index in [4.69, 9.17) is 15.0 Å². The number of carbonyl (C=O) groups is 3. The zero-order valence-corrected chi connectivity index (χ0v) is 22.6. The number of anilines is 1. The van der Waals surface area contributed by atoms with Gasteiger partial charge in [-0.25, -0.2) is 4.79 Å². The SMILES string of the molecule is O=C(Nc1cccc(CC2CC2)c1)[C@H](c1ccc(CN2Cc3ccccc3C2=O)cc1)C1CCCC1.O=C(O)O. The highest BCUT2D eigenvalue weighted by molar-refractivity contribution is 5.98. The van der Waals surface area contributed by atoms with E-state index in [2.05, 4.69) is 47.8 Å². The highest BCUT2D eigenvalue weighted by Crippen LogP contribution is 2.39. The molecule has 1 heterocycles. The number of rotatable bonds is 8. The maximum Gasteiger partial charge on any atom is 0.503 e. The maximum absolute atomic E-state index is 13.6. The molecule has 3 N–H and O–H groups in total. The lowest BCUT2D eigenvalue weighted by atomic mass is 9.83. The molecule has 0 bridgehead atoms. The number of carboxylic acid groups (broad SMARTS) is 2. The van der Waals surface area contributed by atoms with Gasteiger partial charge in [0.05, 0.1) is 5.92 Å². The molecular formula is C33H36N2O5. The Morgan fingerprint density at radius 2 is 1.57 bits per heavy atom. The molecule has 208 valence electrons. The summed E-state index contributed by atoms with van der Waals surface area (Å²) in [5, 5.41) is 17.2. The number of nitrogens with one attached hydrogen (secondary N) is 1. The Morgan fingerprint density at radius 1 is 0.875 bits per heavy atom. The summed E-state index contributed by atoms with van der Waals surface area (Å²) >= 11 is 0. The summed E-state index contributed by atoms with van der Waals surface area (Å²) in [5.41, 5.74) is 6.30. The molecule has 2 aliphatic carbocycles. The second-order valence-corrected chi connectivity index (χ2v) is 11.2. The largest absolute Gasteiger partial charge is 0.503 e. The van der Waals surface area contributed by atoms with E-state index in [9.17, 15) is 9.59 Å². The van der Waals surface area contributed by atoms with Gasteiger partial charge < -0.3 is 20.4 Å². The van der Waals surface area contributed by atoms with Crippen molar-refractivity contribution in [2.75, 3.05) is 5.32 Å². The molecule has 2 fully saturated rings. The third kappa shape index (κ3) is 6.89. The Kier molecular flexibility index (Phi) is 8.48. The van der Waals surface area contributed by atoms with Crippen LogP contribution in [0, 0.1) is 11.8 Å². The Balaban J connectivity index is 0.000000758. The quantitative estimate of drug-likeness (QED) is 0.287. The molecule has 0 saturated heterocycles. The lowest BCUT2D eigenvalue weighted by Crippen LogP contribution is -2.27. The summed E-state index contributed by atoms with van der Waals surface area (Å²) in [6.45, 7) is 1.24. The first kappa shape index (κ1) is 27.4. The van der Waals surface area contributed by atoms with Gasteiger partial charge in [-0.05, 0) is 84.4 Å². The van der Waals surface area contributed by atoms with Crippen LogP contribution < -0.4 is 5.32 Å². The molecule has 1 aliphatic heterocycles. The summed E-state index contributed by atoms with van der Waals surface area (Å²) in [6.07, 6.45) is 6.53. The molecule has 6 rings (SSSR count). The van der Waals surface area contributed by atoms with Gasteiger partial charge in [-0.2, -0.15) is 0 Å². The van der Waals surface area contributed by atoms with E-state index >= 15 is 0 Å². The molecule has 3 aromatic carbocycles. The summed E-state index contributed by atoms with van der Waals surface area (Å²) in [7, 11) is 0. The summed E-state index contributed by atoms with van der Waals surface area (Å²) in [6, 6.07) is 24.6. The van der Waals surface area contributed by atoms with E-state index < -0.39 is 6.16 Å². The number of nitrogens with zero attached hydrogens (tertiary/aromatic N) is 1. The Hall–Kier alpha value is -4.13. The average molecular weight is 541 g/mol. The van der Waals surface area contributed by atoms with Gasteiger partial charge in [0, 0.05) is 24.3 Å². The van der Waals surface area contributed by atoms with E-state index in [0.717, 1.165) is 53.1 Å². The lowest BCUT2D eigenvalue weighted by Gasteiger charge is -2.24. The predicted octanol–water partition coefficient (Wildman–Crippen LogP) is 6.93. The zero-order valence-electron chi connectivity index (χ0n) is 22.6. The minimum atomic E-state index is -1.83. The molecule has 0 unspecified atom stereocenters. The Morgan fingerprint density at radius 3 is 2.25 bits per heavy atom. The molecule has 0 spiro atoms. The van der Waals surface area contributed by atoms with Gasteiger partial charge in [0.25, 0.3) is 5.91 Å². The van der Waals surface area contributed by atoms with Crippen LogP contribution in [0.5, 0.6) is 0 Å². The van der Waals surface area contributed by atoms with Gasteiger partial charge in [0.1, 0.15) is 0 Å². The van der Waals surface area contributed by atoms with Crippen molar-refractivity contribution in [3.05, 3.63) is 101 Å². The van der Waals surface area contributed by atoms with E-state index in [1.807, 2.05) is 35.2 Å². The lowest BCUT2D eigenvalue weighted by molar-refractivity contribution is -0.118. The number of hydrogen-bond donors (Lipinski definition) is 3. The molecular weight excluding hydrogens is 504 g/mol. The zero-order chi connectivity index (χ0) is 28.1. The van der Waals surface area contributed by atoms with Crippen LogP contribution in [0.3, 0.4) is 0 Å². The fraction of sp³-hybridized carbons (Fsp3) is 0.364. The molecule has 1 atom stereocenters. The van der Waals surface area contributed by atoms with E-state index in [-0.39, 0.29) is 17.7 Å². The van der Waals surface area contributed by atoms with Crippen LogP contribution >= 0.6 is 0 Å². The molecule has 7 heteroatoms. The molecule has 3 aliphatic rings. The highest BCUT2D eigenvalue weighted by atomic mass is 16.6. The van der Waals surface area contributed by atoms with Crippen LogP contribution in [0.2, 0.25) is 0 Å². The van der Waals surface area contributed by atoms with Crippen molar-refractivity contribution in [3.63, 3.8) is 0 Å². The molecule has 3 aromatic rings. The predicted molar refractivity (Wildman–Crippen MR) is 153 cm³/mol. The Labute approximate surface area is 234 Å². The highest BCUT2D eigenvalue weighted by Gasteiger charge is 2.32. The van der Waals surface area contributed by atoms with Gasteiger partial charge in [0.2, 0.25) is 5.91 Å². The second-order valence-electron chi connectivity index (χ2n) is 11.2. The van der Waals surface area contributed by atoms with E-state index in [1.54, 1.807) is 0 Å². The number of benzene rings is 3. The fourth-order valence-corrected chi connectivity index (χ4v) is 6.07. The van der Waals surface area contributed by atoms with Crippen LogP contribution in [0.1, 0.15) is 77.1 Å². The summed E-state index contributed by atoms with van der Waals surface area (Å²) < 4.78 is 0. The minimum absolute atomic E-state index is 0.0989. The van der Waals surface area contributed by atoms with Crippen LogP contribution in [-0.2, 0) is 24.3 Å². The van der Waals surface area contributed by atoms with Crippen LogP contribution in [0.4, 0.5) is 10.5 Å². The van der Waals surface area contributed by atoms with Gasteiger partial charge in [-0.1, -0.05) is 67.4 Å². The van der Waals surface area contributed by atoms with E-state index in [1.165, 1.54) is 31.2 Å². The van der Waals surface area contributed by atoms with Gasteiger partial charge in [0.15, 0.2) is 0 Å². The molecule has 2 saturated carbocycles. The Bertz CT molecular complexity index is 1360. The van der Waals surface area contributed by atoms with Crippen LogP contribution in [0.25, 0.3) is 0 Å². The third-order valence-corrected chi connectivity index (χ3v) is 8.18. The number of fused-ring (bicyclic) bond motifs is 1. The van der Waals surface area contributed by atoms with Crippen molar-refractivity contribution in [1.29, 1.82) is 0 Å². The molecule has 2 amide bonds. The van der Waals surface area contributed by atoms with Gasteiger partial charge in [-0.3, -0.25) is 9.59 Å². The van der Waals surface area contributed by atoms with Crippen molar-refractivity contribution in [3.8, 4) is 0 Å². The number of amides is 2. The molecule has 0 radical (unpaired) electrons. The van der Waals surface area contributed by atoms with Crippen molar-refractivity contribution in [2.45, 2.75) is 64.0 Å². The minimum Gasteiger partial charge on any atom is -0.450 e. The van der Waals surface area contributed by atoms with Crippen molar-refractivity contribution in [2.24, 2.45) is 11.8 Å². The number of hydrogen-bond acceptors (Lipinski definition) is 3. The van der Waals surface area contributed by atoms with Crippen molar-refractivity contribution in [1.82, 2.24) is 4.90 Å². The van der Waals surface area contributed by atoms with Crippen LogP contribution in [-0.4, -0.2) is 33.1 Å². The van der Waals surface area contributed by atoms with Gasteiger partial charge in [-0.15, -0.1) is 0 Å². The van der Waals surface area contributed by atoms with Crippen LogP contribution in [0.15, 0.2) is 72.8 Å².